The number of nitriles is 1. The molecule has 0 saturated carbocycles. The first-order valence-electron chi connectivity index (χ1n) is 8.79. The molecule has 1 aromatic heterocycles. The molecular formula is C22H25IN3+. The maximum Gasteiger partial charge on any atom is 0.249 e. The summed E-state index contributed by atoms with van der Waals surface area (Å²) in [5.74, 6) is 0. The molecule has 0 bridgehead atoms. The van der Waals surface area contributed by atoms with E-state index in [0.29, 0.717) is 5.56 Å². The second-order valence-electron chi connectivity index (χ2n) is 8.59. The van der Waals surface area contributed by atoms with Crippen molar-refractivity contribution in [2.24, 2.45) is 7.05 Å². The van der Waals surface area contributed by atoms with Gasteiger partial charge in [-0.15, -0.1) is 24.0 Å². The fraction of sp³-hybridized carbons (Fsp3) is 0.364. The van der Waals surface area contributed by atoms with E-state index in [1.165, 1.54) is 28.6 Å². The molecule has 134 valence electrons. The first kappa shape index (κ1) is 18.9. The van der Waals surface area contributed by atoms with Gasteiger partial charge in [0.15, 0.2) is 11.0 Å². The van der Waals surface area contributed by atoms with Crippen LogP contribution in [0, 0.1) is 11.3 Å². The number of aromatic nitrogens is 2. The highest BCUT2D eigenvalue weighted by atomic mass is 127. The summed E-state index contributed by atoms with van der Waals surface area (Å²) in [6.45, 7) is 9.40. The predicted octanol–water partition coefficient (Wildman–Crippen LogP) is 4.90. The molecule has 4 rings (SSSR count). The van der Waals surface area contributed by atoms with Crippen LogP contribution in [0.5, 0.6) is 0 Å². The highest BCUT2D eigenvalue weighted by Gasteiger charge is 2.43. The molecule has 0 atom stereocenters. The lowest BCUT2D eigenvalue weighted by Crippen LogP contribution is -2.26. The molecule has 0 N–H and O–H groups in total. The molecule has 4 heteroatoms. The molecule has 1 aliphatic rings. The molecule has 26 heavy (non-hydrogen) atoms. The molecule has 0 spiro atoms. The van der Waals surface area contributed by atoms with Gasteiger partial charge in [0.1, 0.15) is 5.69 Å². The summed E-state index contributed by atoms with van der Waals surface area (Å²) in [5.41, 5.74) is 7.55. The largest absolute Gasteiger partial charge is 0.249 e. The third-order valence-electron chi connectivity index (χ3n) is 5.66. The van der Waals surface area contributed by atoms with Crippen molar-refractivity contribution in [1.82, 2.24) is 4.57 Å². The van der Waals surface area contributed by atoms with Crippen molar-refractivity contribution < 1.29 is 4.57 Å². The number of hydrogen-bond acceptors (Lipinski definition) is 1. The van der Waals surface area contributed by atoms with Crippen molar-refractivity contribution in [2.75, 3.05) is 0 Å². The van der Waals surface area contributed by atoms with Gasteiger partial charge in [0.25, 0.3) is 0 Å². The van der Waals surface area contributed by atoms with E-state index in [1.54, 1.807) is 0 Å². The summed E-state index contributed by atoms with van der Waals surface area (Å²) >= 11 is 0. The van der Waals surface area contributed by atoms with Gasteiger partial charge in [-0.2, -0.15) is 9.83 Å². The summed E-state index contributed by atoms with van der Waals surface area (Å²) in [7, 11) is 2.10. The van der Waals surface area contributed by atoms with Gasteiger partial charge in [0, 0.05) is 0 Å². The molecule has 3 nitrogen and oxygen atoms in total. The van der Waals surface area contributed by atoms with Crippen molar-refractivity contribution in [3.8, 4) is 11.8 Å². The van der Waals surface area contributed by atoms with Gasteiger partial charge in [0.05, 0.1) is 18.7 Å². The lowest BCUT2D eigenvalue weighted by atomic mass is 9.82. The minimum atomic E-state index is 0. The Morgan fingerprint density at radius 1 is 1.00 bits per heavy atom. The second-order valence-corrected chi connectivity index (χ2v) is 8.59. The summed E-state index contributed by atoms with van der Waals surface area (Å²) < 4.78 is 4.41. The quantitative estimate of drug-likeness (QED) is 0.377. The lowest BCUT2D eigenvalue weighted by molar-refractivity contribution is -0.645. The van der Waals surface area contributed by atoms with E-state index < -0.39 is 0 Å². The number of imidazole rings is 1. The van der Waals surface area contributed by atoms with Crippen molar-refractivity contribution in [2.45, 2.75) is 44.9 Å². The Kier molecular flexibility index (Phi) is 4.43. The molecule has 0 amide bonds. The van der Waals surface area contributed by atoms with Crippen molar-refractivity contribution in [1.29, 1.82) is 5.26 Å². The zero-order valence-electron chi connectivity index (χ0n) is 16.0. The van der Waals surface area contributed by atoms with Crippen molar-refractivity contribution >= 4 is 35.0 Å². The topological polar surface area (TPSA) is 32.6 Å². The first-order valence-corrected chi connectivity index (χ1v) is 8.79. The maximum absolute atomic E-state index is 9.03. The Balaban J connectivity index is 0.00000196. The molecule has 0 radical (unpaired) electrons. The third kappa shape index (κ3) is 2.73. The fourth-order valence-electron chi connectivity index (χ4n) is 4.67. The Bertz CT molecular complexity index is 1030. The third-order valence-corrected chi connectivity index (χ3v) is 5.66. The van der Waals surface area contributed by atoms with E-state index in [1.807, 2.05) is 24.3 Å². The lowest BCUT2D eigenvalue weighted by Gasteiger charge is -2.22. The maximum atomic E-state index is 9.03. The molecule has 0 unspecified atom stereocenters. The number of benzene rings is 2. The Morgan fingerprint density at radius 3 is 2.15 bits per heavy atom. The Morgan fingerprint density at radius 2 is 1.58 bits per heavy atom. The van der Waals surface area contributed by atoms with Gasteiger partial charge in [-0.25, -0.2) is 4.57 Å². The number of fused-ring (bicyclic) bond motifs is 2. The molecule has 2 aromatic carbocycles. The monoisotopic (exact) mass is 458 g/mol. The van der Waals surface area contributed by atoms with Crippen LogP contribution < -0.4 is 4.57 Å². The number of halogens is 1. The average Bonchev–Trinajstić information content (AvgIpc) is 2.98. The number of hydrogen-bond donors (Lipinski definition) is 0. The van der Waals surface area contributed by atoms with Gasteiger partial charge in [0.2, 0.25) is 6.33 Å². The number of aryl methyl sites for hydroxylation is 1. The summed E-state index contributed by atoms with van der Waals surface area (Å²) in [6, 6.07) is 14.7. The molecule has 1 aliphatic carbocycles. The van der Waals surface area contributed by atoms with Crippen molar-refractivity contribution in [3.05, 3.63) is 59.4 Å². The molecule has 0 aliphatic heterocycles. The summed E-state index contributed by atoms with van der Waals surface area (Å²) in [4.78, 5) is 0. The average molecular weight is 458 g/mol. The molecule has 1 heterocycles. The van der Waals surface area contributed by atoms with Crippen LogP contribution in [-0.2, 0) is 17.9 Å². The predicted molar refractivity (Wildman–Crippen MR) is 115 cm³/mol. The van der Waals surface area contributed by atoms with E-state index in [2.05, 4.69) is 68.4 Å². The smallest absolute Gasteiger partial charge is 0.232 e. The Labute approximate surface area is 172 Å². The van der Waals surface area contributed by atoms with E-state index in [-0.39, 0.29) is 34.8 Å². The summed E-state index contributed by atoms with van der Waals surface area (Å²) in [6.07, 6.45) is 3.30. The van der Waals surface area contributed by atoms with Crippen LogP contribution in [0.4, 0.5) is 0 Å². The van der Waals surface area contributed by atoms with Gasteiger partial charge < -0.3 is 0 Å². The van der Waals surface area contributed by atoms with Crippen molar-refractivity contribution in [3.63, 3.8) is 0 Å². The molecule has 0 fully saturated rings. The number of nitrogens with zero attached hydrogens (tertiary/aromatic N) is 3. The van der Waals surface area contributed by atoms with Crippen LogP contribution >= 0.6 is 24.0 Å². The Hall–Kier alpha value is -1.87. The normalized spacial score (nSPS) is 16.8. The zero-order chi connectivity index (χ0) is 18.0. The second kappa shape index (κ2) is 6.09. The van der Waals surface area contributed by atoms with E-state index in [9.17, 15) is 0 Å². The van der Waals surface area contributed by atoms with Crippen LogP contribution in [0.3, 0.4) is 0 Å². The number of rotatable bonds is 1. The minimum absolute atomic E-state index is 0. The van der Waals surface area contributed by atoms with Gasteiger partial charge >= 0.3 is 0 Å². The first-order chi connectivity index (χ1) is 11.7. The van der Waals surface area contributed by atoms with Crippen LogP contribution in [0.25, 0.3) is 16.7 Å². The van der Waals surface area contributed by atoms with Gasteiger partial charge in [-0.05, 0) is 64.8 Å². The van der Waals surface area contributed by atoms with Crippen LogP contribution in [0.2, 0.25) is 0 Å². The highest BCUT2D eigenvalue weighted by molar-refractivity contribution is 14.0. The van der Waals surface area contributed by atoms with E-state index in [4.69, 9.17) is 5.26 Å². The van der Waals surface area contributed by atoms with Crippen LogP contribution in [0.1, 0.15) is 50.8 Å². The molecule has 0 saturated heterocycles. The van der Waals surface area contributed by atoms with E-state index >= 15 is 0 Å². The van der Waals surface area contributed by atoms with Gasteiger partial charge in [-0.3, -0.25) is 0 Å². The summed E-state index contributed by atoms with van der Waals surface area (Å²) in [5, 5.41) is 9.03. The minimum Gasteiger partial charge on any atom is -0.232 e. The zero-order valence-corrected chi connectivity index (χ0v) is 18.3. The van der Waals surface area contributed by atoms with Gasteiger partial charge in [-0.1, -0.05) is 27.7 Å². The fourth-order valence-corrected chi connectivity index (χ4v) is 4.67. The van der Waals surface area contributed by atoms with Crippen LogP contribution in [0.15, 0.2) is 42.7 Å². The standard InChI is InChI=1S/C22H24N3.HI/c1-21(2)13-22(3,4)18-11-20-19(10-17(18)21)24(5)14-25(20)16-8-6-15(12-23)7-9-16;/h6-11,14H,13H2,1-5H3;1H/q+1;. The van der Waals surface area contributed by atoms with Crippen LogP contribution in [-0.4, -0.2) is 4.57 Å². The molecular weight excluding hydrogens is 433 g/mol. The molecule has 3 aromatic rings. The highest BCUT2D eigenvalue weighted by Crippen LogP contribution is 2.50. The van der Waals surface area contributed by atoms with E-state index in [0.717, 1.165) is 5.69 Å². The SMILES string of the molecule is C[n+]1cn(-c2ccc(C#N)cc2)c2cc3c(cc21)C(C)(C)CC3(C)C.I.